The van der Waals surface area contributed by atoms with Crippen LogP contribution in [0.5, 0.6) is 0 Å². The van der Waals surface area contributed by atoms with E-state index in [4.69, 9.17) is 4.74 Å². The molecule has 2 atom stereocenters. The highest BCUT2D eigenvalue weighted by atomic mass is 16.5. The third-order valence-corrected chi connectivity index (χ3v) is 4.67. The molecular weight excluding hydrogens is 288 g/mol. The standard InChI is InChI=1S/C19H18N2O2/c1-23-19(22)16-11-14-13-9-5-6-10-15(13)20-18(14)17(21-16)12-7-3-2-4-8-12/h2-10,16-17,20-21H,11H2,1H3/p+1/t16-,17+/m0/s1. The lowest BCUT2D eigenvalue weighted by Crippen LogP contribution is -2.94. The maximum atomic E-state index is 12.1. The van der Waals surface area contributed by atoms with Crippen molar-refractivity contribution in [2.45, 2.75) is 18.5 Å². The first-order chi connectivity index (χ1) is 11.3. The van der Waals surface area contributed by atoms with E-state index >= 15 is 0 Å². The Kier molecular flexibility index (Phi) is 3.39. The molecule has 2 aromatic carbocycles. The van der Waals surface area contributed by atoms with Gasteiger partial charge in [0.2, 0.25) is 0 Å². The quantitative estimate of drug-likeness (QED) is 0.711. The van der Waals surface area contributed by atoms with Gasteiger partial charge in [-0.1, -0.05) is 48.5 Å². The fourth-order valence-corrected chi connectivity index (χ4v) is 3.57. The van der Waals surface area contributed by atoms with Crippen LogP contribution in [0, 0.1) is 0 Å². The van der Waals surface area contributed by atoms with Crippen LogP contribution in [-0.2, 0) is 16.0 Å². The van der Waals surface area contributed by atoms with Crippen molar-refractivity contribution in [3.63, 3.8) is 0 Å². The van der Waals surface area contributed by atoms with E-state index in [0.29, 0.717) is 6.42 Å². The number of fused-ring (bicyclic) bond motifs is 3. The van der Waals surface area contributed by atoms with Gasteiger partial charge in [0.15, 0.2) is 12.1 Å². The number of ether oxygens (including phenoxy) is 1. The van der Waals surface area contributed by atoms with Gasteiger partial charge in [-0.3, -0.25) is 0 Å². The molecule has 1 aliphatic heterocycles. The Morgan fingerprint density at radius 2 is 1.87 bits per heavy atom. The van der Waals surface area contributed by atoms with Gasteiger partial charge in [0.05, 0.1) is 12.8 Å². The van der Waals surface area contributed by atoms with Gasteiger partial charge >= 0.3 is 5.97 Å². The third-order valence-electron chi connectivity index (χ3n) is 4.67. The highest BCUT2D eigenvalue weighted by Crippen LogP contribution is 2.31. The van der Waals surface area contributed by atoms with Gasteiger partial charge < -0.3 is 15.0 Å². The monoisotopic (exact) mass is 307 g/mol. The molecular formula is C19H19N2O2+. The van der Waals surface area contributed by atoms with E-state index in [9.17, 15) is 4.79 Å². The maximum absolute atomic E-state index is 12.1. The second-order valence-electron chi connectivity index (χ2n) is 5.98. The second kappa shape index (κ2) is 5.56. The molecule has 4 nitrogen and oxygen atoms in total. The number of esters is 1. The Hall–Kier alpha value is -2.59. The highest BCUT2D eigenvalue weighted by Gasteiger charge is 2.38. The minimum atomic E-state index is -0.211. The number of quaternary nitrogens is 1. The predicted molar refractivity (Wildman–Crippen MR) is 88.0 cm³/mol. The molecule has 1 aromatic heterocycles. The zero-order valence-corrected chi connectivity index (χ0v) is 13.0. The van der Waals surface area contributed by atoms with Gasteiger partial charge in [0.1, 0.15) is 0 Å². The number of hydrogen-bond acceptors (Lipinski definition) is 2. The van der Waals surface area contributed by atoms with E-state index in [1.165, 1.54) is 29.3 Å². The summed E-state index contributed by atoms with van der Waals surface area (Å²) in [5, 5.41) is 3.31. The molecule has 0 aliphatic carbocycles. The van der Waals surface area contributed by atoms with E-state index in [1.807, 2.05) is 30.3 Å². The van der Waals surface area contributed by atoms with E-state index in [2.05, 4.69) is 34.6 Å². The number of carbonyl (C=O) groups is 1. The molecule has 3 aromatic rings. The molecule has 0 spiro atoms. The minimum absolute atomic E-state index is 0.0800. The van der Waals surface area contributed by atoms with E-state index < -0.39 is 0 Å². The summed E-state index contributed by atoms with van der Waals surface area (Å²) < 4.78 is 5.00. The zero-order valence-electron chi connectivity index (χ0n) is 13.0. The van der Waals surface area contributed by atoms with E-state index in [-0.39, 0.29) is 18.1 Å². The summed E-state index contributed by atoms with van der Waals surface area (Å²) in [5.41, 5.74) is 4.73. The lowest BCUT2D eigenvalue weighted by atomic mass is 9.90. The van der Waals surface area contributed by atoms with Crippen molar-refractivity contribution in [3.05, 3.63) is 71.4 Å². The number of H-pyrrole nitrogens is 1. The summed E-state index contributed by atoms with van der Waals surface area (Å²) in [4.78, 5) is 15.7. The highest BCUT2D eigenvalue weighted by molar-refractivity contribution is 5.86. The first-order valence-electron chi connectivity index (χ1n) is 7.85. The van der Waals surface area contributed by atoms with Crippen molar-refractivity contribution >= 4 is 16.9 Å². The fourth-order valence-electron chi connectivity index (χ4n) is 3.57. The molecule has 0 saturated carbocycles. The first kappa shape index (κ1) is 14.0. The van der Waals surface area contributed by atoms with Crippen LogP contribution in [0.15, 0.2) is 54.6 Å². The number of benzene rings is 2. The topological polar surface area (TPSA) is 58.7 Å². The Morgan fingerprint density at radius 1 is 1.13 bits per heavy atom. The van der Waals surface area contributed by atoms with Crippen molar-refractivity contribution in [2.24, 2.45) is 0 Å². The third kappa shape index (κ3) is 2.32. The molecule has 0 bridgehead atoms. The lowest BCUT2D eigenvalue weighted by molar-refractivity contribution is -0.712. The molecule has 116 valence electrons. The Balaban J connectivity index is 1.88. The molecule has 3 N–H and O–H groups in total. The van der Waals surface area contributed by atoms with Crippen LogP contribution in [0.25, 0.3) is 10.9 Å². The molecule has 4 heteroatoms. The molecule has 1 aliphatic rings. The fraction of sp³-hybridized carbons (Fsp3) is 0.211. The van der Waals surface area contributed by atoms with Crippen LogP contribution in [0.4, 0.5) is 0 Å². The van der Waals surface area contributed by atoms with Crippen LogP contribution in [0.1, 0.15) is 22.9 Å². The number of carbonyl (C=O) groups excluding carboxylic acids is 1. The number of aromatic nitrogens is 1. The average Bonchev–Trinajstić information content (AvgIpc) is 2.99. The van der Waals surface area contributed by atoms with Gasteiger partial charge in [-0.25, -0.2) is 4.79 Å². The largest absolute Gasteiger partial charge is 0.465 e. The molecule has 2 heterocycles. The molecule has 0 radical (unpaired) electrons. The lowest BCUT2D eigenvalue weighted by Gasteiger charge is -2.26. The number of hydrogen-bond donors (Lipinski definition) is 2. The molecule has 0 fully saturated rings. The van der Waals surface area contributed by atoms with Crippen molar-refractivity contribution in [1.29, 1.82) is 0 Å². The number of nitrogens with one attached hydrogen (secondary N) is 1. The van der Waals surface area contributed by atoms with Crippen LogP contribution in [0.3, 0.4) is 0 Å². The summed E-state index contributed by atoms with van der Waals surface area (Å²) in [6.45, 7) is 0. The van der Waals surface area contributed by atoms with E-state index in [1.54, 1.807) is 0 Å². The Labute approximate surface area is 134 Å². The van der Waals surface area contributed by atoms with Gasteiger partial charge in [-0.05, 0) is 11.6 Å². The number of methoxy groups -OCH3 is 1. The molecule has 0 amide bonds. The summed E-state index contributed by atoms with van der Waals surface area (Å²) in [7, 11) is 1.46. The van der Waals surface area contributed by atoms with Gasteiger partial charge in [-0.2, -0.15) is 0 Å². The summed E-state index contributed by atoms with van der Waals surface area (Å²) in [5.74, 6) is -0.165. The van der Waals surface area contributed by atoms with Gasteiger partial charge in [0.25, 0.3) is 0 Å². The minimum Gasteiger partial charge on any atom is -0.465 e. The van der Waals surface area contributed by atoms with Gasteiger partial charge in [-0.15, -0.1) is 0 Å². The number of para-hydroxylation sites is 1. The molecule has 0 unspecified atom stereocenters. The van der Waals surface area contributed by atoms with Crippen LogP contribution in [0.2, 0.25) is 0 Å². The van der Waals surface area contributed by atoms with Crippen molar-refractivity contribution < 1.29 is 14.8 Å². The second-order valence-corrected chi connectivity index (χ2v) is 5.98. The maximum Gasteiger partial charge on any atom is 0.364 e. The zero-order chi connectivity index (χ0) is 15.8. The van der Waals surface area contributed by atoms with Crippen LogP contribution >= 0.6 is 0 Å². The molecule has 4 rings (SSSR count). The number of nitrogens with two attached hydrogens (primary N) is 1. The van der Waals surface area contributed by atoms with Crippen molar-refractivity contribution in [1.82, 2.24) is 4.98 Å². The van der Waals surface area contributed by atoms with Crippen LogP contribution in [-0.4, -0.2) is 24.1 Å². The SMILES string of the molecule is COC(=O)[C@@H]1Cc2c([nH]c3ccccc23)[C@@H](c2ccccc2)[NH2+]1. The van der Waals surface area contributed by atoms with Gasteiger partial charge in [0, 0.05) is 22.9 Å². The summed E-state index contributed by atoms with van der Waals surface area (Å²) in [6, 6.07) is 18.4. The molecule has 23 heavy (non-hydrogen) atoms. The Morgan fingerprint density at radius 3 is 2.65 bits per heavy atom. The molecule has 0 saturated heterocycles. The normalized spacial score (nSPS) is 20.2. The van der Waals surface area contributed by atoms with Crippen molar-refractivity contribution in [3.8, 4) is 0 Å². The Bertz CT molecular complexity index is 854. The van der Waals surface area contributed by atoms with Crippen LogP contribution < -0.4 is 5.32 Å². The average molecular weight is 307 g/mol. The van der Waals surface area contributed by atoms with Crippen molar-refractivity contribution in [2.75, 3.05) is 7.11 Å². The summed E-state index contributed by atoms with van der Waals surface area (Å²) in [6.07, 6.45) is 0.690. The number of rotatable bonds is 2. The number of aromatic amines is 1. The first-order valence-corrected chi connectivity index (χ1v) is 7.85. The van der Waals surface area contributed by atoms with E-state index in [0.717, 1.165) is 5.52 Å². The summed E-state index contributed by atoms with van der Waals surface area (Å²) >= 11 is 0. The smallest absolute Gasteiger partial charge is 0.364 e. The predicted octanol–water partition coefficient (Wildman–Crippen LogP) is 1.92.